The molecule has 3 rings (SSSR count). The number of rotatable bonds is 6. The highest BCUT2D eigenvalue weighted by Gasteiger charge is 2.34. The van der Waals surface area contributed by atoms with Gasteiger partial charge in [0.25, 0.3) is 5.91 Å². The van der Waals surface area contributed by atoms with Gasteiger partial charge in [-0.2, -0.15) is 4.31 Å². The van der Waals surface area contributed by atoms with Crippen molar-refractivity contribution in [1.29, 1.82) is 0 Å². The molecule has 0 bridgehead atoms. The molecule has 156 valence electrons. The van der Waals surface area contributed by atoms with E-state index in [1.807, 2.05) is 0 Å². The molecule has 0 aromatic heterocycles. The van der Waals surface area contributed by atoms with Crippen LogP contribution >= 0.6 is 0 Å². The van der Waals surface area contributed by atoms with Crippen molar-refractivity contribution in [2.75, 3.05) is 39.9 Å². The molecule has 0 saturated carbocycles. The van der Waals surface area contributed by atoms with E-state index in [0.29, 0.717) is 11.5 Å². The Balaban J connectivity index is 1.61. The molecular formula is C19H20F2N2O5S. The fourth-order valence-corrected chi connectivity index (χ4v) is 4.54. The smallest absolute Gasteiger partial charge is 0.260 e. The zero-order chi connectivity index (χ0) is 21.0. The summed E-state index contributed by atoms with van der Waals surface area (Å²) >= 11 is 0. The molecule has 0 spiro atoms. The zero-order valence-electron chi connectivity index (χ0n) is 15.7. The van der Waals surface area contributed by atoms with Gasteiger partial charge in [0.15, 0.2) is 23.0 Å². The Bertz CT molecular complexity index is 972. The number of carbonyl (C=O) groups excluding carboxylic acids is 1. The number of hydrogen-bond acceptors (Lipinski definition) is 5. The second-order valence-electron chi connectivity index (χ2n) is 6.28. The Morgan fingerprint density at radius 1 is 0.966 bits per heavy atom. The van der Waals surface area contributed by atoms with Gasteiger partial charge in [0.1, 0.15) is 11.6 Å². The number of para-hydroxylation sites is 2. The van der Waals surface area contributed by atoms with Gasteiger partial charge in [0, 0.05) is 26.2 Å². The average Bonchev–Trinajstić information content (AvgIpc) is 2.72. The van der Waals surface area contributed by atoms with Gasteiger partial charge in [-0.1, -0.05) is 18.2 Å². The van der Waals surface area contributed by atoms with Crippen molar-refractivity contribution in [1.82, 2.24) is 9.21 Å². The topological polar surface area (TPSA) is 76.2 Å². The van der Waals surface area contributed by atoms with Gasteiger partial charge in [0.2, 0.25) is 10.0 Å². The number of benzene rings is 2. The van der Waals surface area contributed by atoms with Gasteiger partial charge < -0.3 is 14.4 Å². The van der Waals surface area contributed by atoms with Crippen LogP contribution in [0.1, 0.15) is 0 Å². The normalized spacial score (nSPS) is 15.2. The molecule has 1 heterocycles. The van der Waals surface area contributed by atoms with Crippen molar-refractivity contribution in [3.63, 3.8) is 0 Å². The minimum absolute atomic E-state index is 0.0729. The predicted octanol–water partition coefficient (Wildman–Crippen LogP) is 1.89. The van der Waals surface area contributed by atoms with Crippen LogP contribution in [0.3, 0.4) is 0 Å². The van der Waals surface area contributed by atoms with Crippen LogP contribution in [0.15, 0.2) is 47.4 Å². The van der Waals surface area contributed by atoms with E-state index in [1.165, 1.54) is 12.0 Å². The molecule has 0 unspecified atom stereocenters. The molecule has 1 saturated heterocycles. The zero-order valence-corrected chi connectivity index (χ0v) is 16.5. The number of ether oxygens (including phenoxy) is 2. The van der Waals surface area contributed by atoms with E-state index in [9.17, 15) is 22.0 Å². The van der Waals surface area contributed by atoms with Crippen LogP contribution in [-0.4, -0.2) is 63.4 Å². The van der Waals surface area contributed by atoms with E-state index in [0.717, 1.165) is 22.5 Å². The molecule has 29 heavy (non-hydrogen) atoms. The molecule has 7 nitrogen and oxygen atoms in total. The molecule has 1 amide bonds. The first kappa shape index (κ1) is 21.0. The second kappa shape index (κ2) is 8.75. The maximum atomic E-state index is 13.9. The van der Waals surface area contributed by atoms with E-state index in [4.69, 9.17) is 9.47 Å². The SMILES string of the molecule is COc1ccccc1OCC(=O)N1CCN(S(=O)(=O)c2c(F)cccc2F)CC1. The molecule has 10 heteroatoms. The second-order valence-corrected chi connectivity index (χ2v) is 8.15. The van der Waals surface area contributed by atoms with Crippen molar-refractivity contribution in [2.45, 2.75) is 4.90 Å². The van der Waals surface area contributed by atoms with Crippen molar-refractivity contribution >= 4 is 15.9 Å². The first-order valence-corrected chi connectivity index (χ1v) is 10.3. The molecule has 0 N–H and O–H groups in total. The van der Waals surface area contributed by atoms with E-state index in [2.05, 4.69) is 0 Å². The Kier molecular flexibility index (Phi) is 6.33. The number of methoxy groups -OCH3 is 1. The highest BCUT2D eigenvalue weighted by Crippen LogP contribution is 2.26. The quantitative estimate of drug-likeness (QED) is 0.705. The molecule has 1 aliphatic heterocycles. The van der Waals surface area contributed by atoms with Crippen LogP contribution < -0.4 is 9.47 Å². The number of nitrogens with zero attached hydrogens (tertiary/aromatic N) is 2. The van der Waals surface area contributed by atoms with Crippen molar-refractivity contribution < 1.29 is 31.5 Å². The van der Waals surface area contributed by atoms with Crippen LogP contribution in [0.5, 0.6) is 11.5 Å². The van der Waals surface area contributed by atoms with Crippen LogP contribution in [0.25, 0.3) is 0 Å². The van der Waals surface area contributed by atoms with Crippen molar-refractivity contribution in [3.8, 4) is 11.5 Å². The van der Waals surface area contributed by atoms with Crippen molar-refractivity contribution in [2.24, 2.45) is 0 Å². The van der Waals surface area contributed by atoms with Crippen LogP contribution in [0.2, 0.25) is 0 Å². The lowest BCUT2D eigenvalue weighted by molar-refractivity contribution is -0.134. The Labute approximate surface area is 167 Å². The van der Waals surface area contributed by atoms with Crippen LogP contribution in [-0.2, 0) is 14.8 Å². The first-order valence-electron chi connectivity index (χ1n) is 8.82. The van der Waals surface area contributed by atoms with E-state index in [-0.39, 0.29) is 38.7 Å². The molecule has 0 radical (unpaired) electrons. The summed E-state index contributed by atoms with van der Waals surface area (Å²) in [6, 6.07) is 9.77. The minimum Gasteiger partial charge on any atom is -0.493 e. The molecule has 2 aromatic rings. The monoisotopic (exact) mass is 426 g/mol. The van der Waals surface area contributed by atoms with Crippen LogP contribution in [0.4, 0.5) is 8.78 Å². The highest BCUT2D eigenvalue weighted by molar-refractivity contribution is 7.89. The Morgan fingerprint density at radius 3 is 2.14 bits per heavy atom. The first-order chi connectivity index (χ1) is 13.8. The largest absolute Gasteiger partial charge is 0.493 e. The van der Waals surface area contributed by atoms with Gasteiger partial charge in [-0.25, -0.2) is 17.2 Å². The molecule has 0 aliphatic carbocycles. The van der Waals surface area contributed by atoms with E-state index < -0.39 is 26.6 Å². The third-order valence-electron chi connectivity index (χ3n) is 4.53. The molecule has 1 aliphatic rings. The van der Waals surface area contributed by atoms with Gasteiger partial charge in [-0.05, 0) is 24.3 Å². The lowest BCUT2D eigenvalue weighted by Crippen LogP contribution is -2.51. The fourth-order valence-electron chi connectivity index (χ4n) is 3.00. The fraction of sp³-hybridized carbons (Fsp3) is 0.316. The maximum Gasteiger partial charge on any atom is 0.260 e. The van der Waals surface area contributed by atoms with Gasteiger partial charge in [-0.15, -0.1) is 0 Å². The number of carbonyl (C=O) groups is 1. The molecular weight excluding hydrogens is 406 g/mol. The number of amides is 1. The summed E-state index contributed by atoms with van der Waals surface area (Å²) in [6.45, 7) is -0.213. The maximum absolute atomic E-state index is 13.9. The number of piperazine rings is 1. The summed E-state index contributed by atoms with van der Waals surface area (Å²) in [5.41, 5.74) is 0. The number of hydrogen-bond donors (Lipinski definition) is 0. The third kappa shape index (κ3) is 4.48. The third-order valence-corrected chi connectivity index (χ3v) is 6.48. The lowest BCUT2D eigenvalue weighted by Gasteiger charge is -2.34. The standard InChI is InChI=1S/C19H20F2N2O5S/c1-27-16-7-2-3-8-17(16)28-13-18(24)22-9-11-23(12-10-22)29(25,26)19-14(20)5-4-6-15(19)21/h2-8H,9-13H2,1H3. The average molecular weight is 426 g/mol. The van der Waals surface area contributed by atoms with Gasteiger partial charge in [-0.3, -0.25) is 4.79 Å². The molecule has 1 fully saturated rings. The Morgan fingerprint density at radius 2 is 1.55 bits per heavy atom. The van der Waals surface area contributed by atoms with Crippen LogP contribution in [0, 0.1) is 11.6 Å². The molecule has 2 aromatic carbocycles. The summed E-state index contributed by atoms with van der Waals surface area (Å²) in [4.78, 5) is 12.8. The minimum atomic E-state index is -4.34. The van der Waals surface area contributed by atoms with E-state index >= 15 is 0 Å². The summed E-state index contributed by atoms with van der Waals surface area (Å²) < 4.78 is 64.6. The summed E-state index contributed by atoms with van der Waals surface area (Å²) in [5.74, 6) is -1.71. The Hall–Kier alpha value is -2.72. The van der Waals surface area contributed by atoms with E-state index in [1.54, 1.807) is 24.3 Å². The number of sulfonamides is 1. The predicted molar refractivity (Wildman–Crippen MR) is 100 cm³/mol. The van der Waals surface area contributed by atoms with Gasteiger partial charge in [0.05, 0.1) is 7.11 Å². The highest BCUT2D eigenvalue weighted by atomic mass is 32.2. The van der Waals surface area contributed by atoms with Gasteiger partial charge >= 0.3 is 0 Å². The number of halogens is 2. The summed E-state index contributed by atoms with van der Waals surface area (Å²) in [6.07, 6.45) is 0. The summed E-state index contributed by atoms with van der Waals surface area (Å²) in [7, 11) is -2.85. The van der Waals surface area contributed by atoms with Crippen molar-refractivity contribution in [3.05, 3.63) is 54.1 Å². The molecule has 0 atom stereocenters. The lowest BCUT2D eigenvalue weighted by atomic mass is 10.3. The summed E-state index contributed by atoms with van der Waals surface area (Å²) in [5, 5.41) is 0.